The van der Waals surface area contributed by atoms with Crippen molar-refractivity contribution in [3.05, 3.63) is 35.4 Å². The fraction of sp³-hybridized carbons (Fsp3) is 0.652. The van der Waals surface area contributed by atoms with E-state index in [4.69, 9.17) is 9.47 Å². The molecule has 0 aliphatic carbocycles. The number of carbonyl (C=O) groups excluding carboxylic acids is 2. The number of benzene rings is 1. The number of piperidine rings is 1. The molecule has 3 rings (SSSR count). The van der Waals surface area contributed by atoms with Crippen LogP contribution in [0.25, 0.3) is 0 Å². The number of ketones is 1. The summed E-state index contributed by atoms with van der Waals surface area (Å²) >= 11 is 0. The molecule has 2 atom stereocenters. The third kappa shape index (κ3) is 4.57. The smallest absolute Gasteiger partial charge is 0.410 e. The average molecular weight is 388 g/mol. The van der Waals surface area contributed by atoms with Crippen molar-refractivity contribution in [2.45, 2.75) is 77.5 Å². The summed E-state index contributed by atoms with van der Waals surface area (Å²) in [5, 5.41) is 0. The van der Waals surface area contributed by atoms with Gasteiger partial charge in [0, 0.05) is 11.5 Å². The zero-order chi connectivity index (χ0) is 20.7. The number of hydrogen-bond donors (Lipinski definition) is 0. The van der Waals surface area contributed by atoms with Crippen LogP contribution in [0.1, 0.15) is 70.3 Å². The van der Waals surface area contributed by atoms with Crippen LogP contribution >= 0.6 is 0 Å². The molecule has 2 aliphatic heterocycles. The Hall–Kier alpha value is -1.88. The van der Waals surface area contributed by atoms with Gasteiger partial charge in [0.25, 0.3) is 0 Å². The maximum absolute atomic E-state index is 13.1. The molecular weight excluding hydrogens is 354 g/mol. The number of carbonyl (C=O) groups is 2. The summed E-state index contributed by atoms with van der Waals surface area (Å²) < 4.78 is 11.3. The summed E-state index contributed by atoms with van der Waals surface area (Å²) in [7, 11) is 0. The fourth-order valence-electron chi connectivity index (χ4n) is 4.11. The number of rotatable bonds is 2. The summed E-state index contributed by atoms with van der Waals surface area (Å²) in [5.74, 6) is 0.0827. The minimum atomic E-state index is -0.534. The molecule has 1 amide bonds. The molecule has 2 heterocycles. The maximum atomic E-state index is 13.1. The highest BCUT2D eigenvalue weighted by Crippen LogP contribution is 2.35. The van der Waals surface area contributed by atoms with Crippen LogP contribution in [0.4, 0.5) is 4.79 Å². The lowest BCUT2D eigenvalue weighted by Gasteiger charge is -2.47. The maximum Gasteiger partial charge on any atom is 0.410 e. The van der Waals surface area contributed by atoms with Crippen molar-refractivity contribution < 1.29 is 19.1 Å². The van der Waals surface area contributed by atoms with Gasteiger partial charge in [0.2, 0.25) is 0 Å². The molecular formula is C23H33NO4. The Labute approximate surface area is 168 Å². The summed E-state index contributed by atoms with van der Waals surface area (Å²) in [6, 6.07) is 7.76. The van der Waals surface area contributed by atoms with E-state index in [1.807, 2.05) is 45.0 Å². The lowest BCUT2D eigenvalue weighted by molar-refractivity contribution is -0.0861. The third-order valence-corrected chi connectivity index (χ3v) is 5.53. The predicted molar refractivity (Wildman–Crippen MR) is 109 cm³/mol. The Morgan fingerprint density at radius 3 is 1.96 bits per heavy atom. The van der Waals surface area contributed by atoms with Crippen LogP contribution in [0, 0.1) is 5.92 Å². The number of hydrogen-bond acceptors (Lipinski definition) is 4. The Bertz CT molecular complexity index is 712. The Morgan fingerprint density at radius 1 is 0.964 bits per heavy atom. The van der Waals surface area contributed by atoms with Crippen LogP contribution in [0.2, 0.25) is 0 Å². The van der Waals surface area contributed by atoms with E-state index < -0.39 is 5.60 Å². The summed E-state index contributed by atoms with van der Waals surface area (Å²) in [4.78, 5) is 27.6. The minimum absolute atomic E-state index is 0.0642. The van der Waals surface area contributed by atoms with Gasteiger partial charge in [-0.15, -0.1) is 0 Å². The van der Waals surface area contributed by atoms with Crippen LogP contribution in [-0.2, 0) is 14.9 Å². The summed E-state index contributed by atoms with van der Waals surface area (Å²) in [6.45, 7) is 13.0. The van der Waals surface area contributed by atoms with Crippen molar-refractivity contribution in [1.29, 1.82) is 0 Å². The summed E-state index contributed by atoms with van der Waals surface area (Å²) in [5.41, 5.74) is 1.50. The van der Waals surface area contributed by atoms with Crippen LogP contribution in [0.5, 0.6) is 0 Å². The Kier molecular flexibility index (Phi) is 5.59. The molecule has 5 nitrogen and oxygen atoms in total. The SMILES string of the molecule is CC(C)(C)OC(=O)N1C2COCC1CC(C(=O)c1ccc(C(C)(C)C)cc1)C2. The Balaban J connectivity index is 1.73. The number of amides is 1. The molecule has 1 aromatic rings. The van der Waals surface area contributed by atoms with Crippen molar-refractivity contribution >= 4 is 11.9 Å². The standard InChI is InChI=1S/C23H33NO4/c1-22(2,3)17-9-7-15(8-10-17)20(25)16-11-18-13-27-14-19(12-16)24(18)21(26)28-23(4,5)6/h7-10,16,18-19H,11-14H2,1-6H3. The van der Waals surface area contributed by atoms with E-state index in [-0.39, 0.29) is 35.3 Å². The number of morpholine rings is 1. The molecule has 5 heteroatoms. The normalized spacial score (nSPS) is 25.4. The number of ether oxygens (including phenoxy) is 2. The van der Waals surface area contributed by atoms with Gasteiger partial charge in [-0.3, -0.25) is 9.69 Å². The van der Waals surface area contributed by atoms with Crippen molar-refractivity contribution in [1.82, 2.24) is 4.90 Å². The van der Waals surface area contributed by atoms with E-state index in [0.29, 0.717) is 26.1 Å². The monoisotopic (exact) mass is 387 g/mol. The number of nitrogens with zero attached hydrogens (tertiary/aromatic N) is 1. The molecule has 2 unspecified atom stereocenters. The largest absolute Gasteiger partial charge is 0.444 e. The van der Waals surface area contributed by atoms with E-state index in [1.165, 1.54) is 5.56 Å². The molecule has 154 valence electrons. The van der Waals surface area contributed by atoms with Gasteiger partial charge < -0.3 is 9.47 Å². The van der Waals surface area contributed by atoms with Gasteiger partial charge in [-0.2, -0.15) is 0 Å². The zero-order valence-corrected chi connectivity index (χ0v) is 18.0. The number of fused-ring (bicyclic) bond motifs is 2. The molecule has 0 radical (unpaired) electrons. The van der Waals surface area contributed by atoms with E-state index >= 15 is 0 Å². The average Bonchev–Trinajstić information content (AvgIpc) is 2.57. The molecule has 0 spiro atoms. The third-order valence-electron chi connectivity index (χ3n) is 5.53. The van der Waals surface area contributed by atoms with Crippen LogP contribution < -0.4 is 0 Å². The highest BCUT2D eigenvalue weighted by molar-refractivity contribution is 5.98. The second-order valence-corrected chi connectivity index (χ2v) is 10.1. The second kappa shape index (κ2) is 7.51. The second-order valence-electron chi connectivity index (χ2n) is 10.1. The minimum Gasteiger partial charge on any atom is -0.444 e. The zero-order valence-electron chi connectivity index (χ0n) is 18.0. The molecule has 1 aromatic carbocycles. The molecule has 0 N–H and O–H groups in total. The van der Waals surface area contributed by atoms with Gasteiger partial charge in [0.15, 0.2) is 5.78 Å². The van der Waals surface area contributed by atoms with Gasteiger partial charge in [-0.1, -0.05) is 45.0 Å². The van der Waals surface area contributed by atoms with E-state index in [1.54, 1.807) is 4.90 Å². The fourth-order valence-corrected chi connectivity index (χ4v) is 4.11. The van der Waals surface area contributed by atoms with Gasteiger partial charge in [0.1, 0.15) is 5.60 Å². The first-order valence-corrected chi connectivity index (χ1v) is 10.2. The first-order chi connectivity index (χ1) is 13.0. The van der Waals surface area contributed by atoms with Crippen LogP contribution in [0.15, 0.2) is 24.3 Å². The van der Waals surface area contributed by atoms with Gasteiger partial charge in [0.05, 0.1) is 25.3 Å². The topological polar surface area (TPSA) is 55.8 Å². The molecule has 2 aliphatic rings. The molecule has 2 saturated heterocycles. The molecule has 0 saturated carbocycles. The lowest BCUT2D eigenvalue weighted by atomic mass is 9.80. The van der Waals surface area contributed by atoms with Crippen molar-refractivity contribution in [3.8, 4) is 0 Å². The summed E-state index contributed by atoms with van der Waals surface area (Å²) in [6.07, 6.45) is 0.941. The molecule has 0 aromatic heterocycles. The number of Topliss-reactive ketones (excluding diaryl/α,β-unsaturated/α-hetero) is 1. The van der Waals surface area contributed by atoms with Crippen molar-refractivity contribution in [2.75, 3.05) is 13.2 Å². The van der Waals surface area contributed by atoms with E-state index in [9.17, 15) is 9.59 Å². The molecule has 2 fully saturated rings. The first-order valence-electron chi connectivity index (χ1n) is 10.2. The molecule has 28 heavy (non-hydrogen) atoms. The highest BCUT2D eigenvalue weighted by atomic mass is 16.6. The quantitative estimate of drug-likeness (QED) is 0.697. The van der Waals surface area contributed by atoms with Crippen molar-refractivity contribution in [2.24, 2.45) is 5.92 Å². The Morgan fingerprint density at radius 2 is 1.50 bits per heavy atom. The van der Waals surface area contributed by atoms with Gasteiger partial charge in [-0.25, -0.2) is 4.79 Å². The lowest BCUT2D eigenvalue weighted by Crippen LogP contribution is -2.60. The van der Waals surface area contributed by atoms with Gasteiger partial charge >= 0.3 is 6.09 Å². The van der Waals surface area contributed by atoms with Gasteiger partial charge in [-0.05, 0) is 44.6 Å². The van der Waals surface area contributed by atoms with Crippen LogP contribution in [-0.4, -0.2) is 47.7 Å². The predicted octanol–water partition coefficient (Wildman–Crippen LogP) is 4.58. The van der Waals surface area contributed by atoms with E-state index in [2.05, 4.69) is 20.8 Å². The molecule has 2 bridgehead atoms. The first kappa shape index (κ1) is 20.8. The van der Waals surface area contributed by atoms with Crippen LogP contribution in [0.3, 0.4) is 0 Å². The van der Waals surface area contributed by atoms with Crippen molar-refractivity contribution in [3.63, 3.8) is 0 Å². The van der Waals surface area contributed by atoms with E-state index in [0.717, 1.165) is 5.56 Å². The highest BCUT2D eigenvalue weighted by Gasteiger charge is 2.45.